The lowest BCUT2D eigenvalue weighted by atomic mass is 10.0. The lowest BCUT2D eigenvalue weighted by Crippen LogP contribution is -2.52. The molecule has 6 heteroatoms. The van der Waals surface area contributed by atoms with E-state index in [0.29, 0.717) is 11.1 Å². The van der Waals surface area contributed by atoms with E-state index < -0.39 is 23.8 Å². The number of rotatable bonds is 6. The number of amides is 3. The van der Waals surface area contributed by atoms with Crippen molar-refractivity contribution in [2.45, 2.75) is 26.5 Å². The number of nitrogens with one attached hydrogen (secondary N) is 1. The molecule has 1 aliphatic heterocycles. The van der Waals surface area contributed by atoms with Crippen molar-refractivity contribution in [3.63, 3.8) is 0 Å². The van der Waals surface area contributed by atoms with E-state index >= 15 is 0 Å². The monoisotopic (exact) mass is 352 g/mol. The van der Waals surface area contributed by atoms with Gasteiger partial charge in [0.05, 0.1) is 17.7 Å². The van der Waals surface area contributed by atoms with Crippen LogP contribution in [0.5, 0.6) is 0 Å². The van der Waals surface area contributed by atoms with Gasteiger partial charge >= 0.3 is 0 Å². The normalized spacial score (nSPS) is 14.5. The Morgan fingerprint density at radius 3 is 2.04 bits per heavy atom. The van der Waals surface area contributed by atoms with Gasteiger partial charge in [-0.15, -0.1) is 0 Å². The van der Waals surface area contributed by atoms with Crippen LogP contribution in [0.15, 0.2) is 54.6 Å². The summed E-state index contributed by atoms with van der Waals surface area (Å²) < 4.78 is 0. The van der Waals surface area contributed by atoms with Crippen molar-refractivity contribution < 1.29 is 19.2 Å². The van der Waals surface area contributed by atoms with Crippen molar-refractivity contribution in [1.82, 2.24) is 10.4 Å². The molecule has 134 valence electrons. The van der Waals surface area contributed by atoms with Crippen LogP contribution in [0.2, 0.25) is 0 Å². The van der Waals surface area contributed by atoms with E-state index in [1.807, 2.05) is 30.3 Å². The molecule has 0 saturated heterocycles. The largest absolute Gasteiger partial charge is 0.270 e. The van der Waals surface area contributed by atoms with E-state index in [-0.39, 0.29) is 12.5 Å². The molecule has 0 aromatic heterocycles. The molecule has 3 amide bonds. The standard InChI is InChI=1S/C20H20N2O4/c1-13(2)17(18(23)21-26-12-14-8-4-3-5-9-14)22-19(24)15-10-6-7-11-16(15)20(22)25/h3-11,13,17H,12H2,1-2H3,(H,21,23). The fourth-order valence-corrected chi connectivity index (χ4v) is 3.00. The Hall–Kier alpha value is -2.99. The first-order chi connectivity index (χ1) is 12.5. The van der Waals surface area contributed by atoms with Crippen LogP contribution < -0.4 is 5.48 Å². The minimum absolute atomic E-state index is 0.194. The average molecular weight is 352 g/mol. The average Bonchev–Trinajstić information content (AvgIpc) is 2.88. The molecule has 1 unspecified atom stereocenters. The molecular formula is C20H20N2O4. The molecule has 1 aliphatic rings. The molecule has 1 N–H and O–H groups in total. The fraction of sp³-hybridized carbons (Fsp3) is 0.250. The van der Waals surface area contributed by atoms with Crippen molar-refractivity contribution in [2.24, 2.45) is 5.92 Å². The number of carbonyl (C=O) groups excluding carboxylic acids is 3. The summed E-state index contributed by atoms with van der Waals surface area (Å²) in [4.78, 5) is 44.2. The van der Waals surface area contributed by atoms with Gasteiger partial charge in [-0.25, -0.2) is 5.48 Å². The van der Waals surface area contributed by atoms with Gasteiger partial charge in [0.1, 0.15) is 6.04 Å². The number of nitrogens with zero attached hydrogens (tertiary/aromatic N) is 1. The maximum atomic E-state index is 12.6. The molecule has 6 nitrogen and oxygen atoms in total. The SMILES string of the molecule is CC(C)C(C(=O)NOCc1ccccc1)N1C(=O)c2ccccc2C1=O. The van der Waals surface area contributed by atoms with E-state index in [2.05, 4.69) is 5.48 Å². The molecule has 3 rings (SSSR count). The highest BCUT2D eigenvalue weighted by molar-refractivity contribution is 6.22. The van der Waals surface area contributed by atoms with Crippen LogP contribution in [-0.4, -0.2) is 28.7 Å². The van der Waals surface area contributed by atoms with Crippen LogP contribution in [0.4, 0.5) is 0 Å². The summed E-state index contributed by atoms with van der Waals surface area (Å²) in [5.74, 6) is -1.70. The van der Waals surface area contributed by atoms with Crippen LogP contribution in [0, 0.1) is 5.92 Å². The van der Waals surface area contributed by atoms with Gasteiger partial charge in [-0.3, -0.25) is 24.1 Å². The number of hydrogen-bond acceptors (Lipinski definition) is 4. The van der Waals surface area contributed by atoms with Crippen molar-refractivity contribution in [3.8, 4) is 0 Å². The lowest BCUT2D eigenvalue weighted by molar-refractivity contribution is -0.140. The highest BCUT2D eigenvalue weighted by Gasteiger charge is 2.43. The second-order valence-electron chi connectivity index (χ2n) is 6.46. The summed E-state index contributed by atoms with van der Waals surface area (Å²) in [6.45, 7) is 3.76. The van der Waals surface area contributed by atoms with Crippen molar-refractivity contribution in [1.29, 1.82) is 0 Å². The lowest BCUT2D eigenvalue weighted by Gasteiger charge is -2.28. The minimum Gasteiger partial charge on any atom is -0.270 e. The zero-order chi connectivity index (χ0) is 18.7. The van der Waals surface area contributed by atoms with Crippen LogP contribution in [0.1, 0.15) is 40.1 Å². The maximum Gasteiger partial charge on any atom is 0.267 e. The molecule has 0 radical (unpaired) electrons. The van der Waals surface area contributed by atoms with E-state index in [9.17, 15) is 14.4 Å². The molecule has 0 bridgehead atoms. The highest BCUT2D eigenvalue weighted by Crippen LogP contribution is 2.27. The Labute approximate surface area is 151 Å². The van der Waals surface area contributed by atoms with Crippen LogP contribution in [0.25, 0.3) is 0 Å². The second kappa shape index (κ2) is 7.49. The zero-order valence-electron chi connectivity index (χ0n) is 14.6. The van der Waals surface area contributed by atoms with E-state index in [4.69, 9.17) is 4.84 Å². The molecule has 1 atom stereocenters. The summed E-state index contributed by atoms with van der Waals surface area (Å²) in [5, 5.41) is 0. The van der Waals surface area contributed by atoms with Crippen molar-refractivity contribution in [2.75, 3.05) is 0 Å². The van der Waals surface area contributed by atoms with Crippen molar-refractivity contribution in [3.05, 3.63) is 71.3 Å². The predicted molar refractivity (Wildman–Crippen MR) is 94.9 cm³/mol. The van der Waals surface area contributed by atoms with Crippen molar-refractivity contribution >= 4 is 17.7 Å². The Balaban J connectivity index is 1.72. The first-order valence-corrected chi connectivity index (χ1v) is 8.43. The molecule has 0 aliphatic carbocycles. The van der Waals surface area contributed by atoms with Crippen LogP contribution >= 0.6 is 0 Å². The molecule has 26 heavy (non-hydrogen) atoms. The third kappa shape index (κ3) is 3.36. The van der Waals surface area contributed by atoms with E-state index in [0.717, 1.165) is 10.5 Å². The molecule has 0 fully saturated rings. The molecule has 2 aromatic rings. The van der Waals surface area contributed by atoms with E-state index in [1.165, 1.54) is 0 Å². The van der Waals surface area contributed by atoms with Gasteiger partial charge < -0.3 is 0 Å². The van der Waals surface area contributed by atoms with Crippen LogP contribution in [-0.2, 0) is 16.2 Å². The smallest absolute Gasteiger partial charge is 0.267 e. The van der Waals surface area contributed by atoms with Gasteiger partial charge in [-0.05, 0) is 23.6 Å². The Morgan fingerprint density at radius 2 is 1.50 bits per heavy atom. The molecule has 0 saturated carbocycles. The van der Waals surface area contributed by atoms with Gasteiger partial charge in [0.25, 0.3) is 17.7 Å². The third-order valence-corrected chi connectivity index (χ3v) is 4.26. The Bertz CT molecular complexity index is 798. The first kappa shape index (κ1) is 17.8. The van der Waals surface area contributed by atoms with Gasteiger partial charge in [-0.1, -0.05) is 56.3 Å². The van der Waals surface area contributed by atoms with E-state index in [1.54, 1.807) is 38.1 Å². The number of carbonyl (C=O) groups is 3. The highest BCUT2D eigenvalue weighted by atomic mass is 16.6. The maximum absolute atomic E-state index is 12.6. The minimum atomic E-state index is -0.946. The number of hydroxylamine groups is 1. The third-order valence-electron chi connectivity index (χ3n) is 4.26. The van der Waals surface area contributed by atoms with Gasteiger partial charge in [0.2, 0.25) is 0 Å². The summed E-state index contributed by atoms with van der Waals surface area (Å²) in [5.41, 5.74) is 3.91. The number of hydrogen-bond donors (Lipinski definition) is 1. The summed E-state index contributed by atoms with van der Waals surface area (Å²) in [6.07, 6.45) is 0. The van der Waals surface area contributed by atoms with Gasteiger partial charge in [-0.2, -0.15) is 0 Å². The topological polar surface area (TPSA) is 75.7 Å². The molecule has 0 spiro atoms. The summed E-state index contributed by atoms with van der Waals surface area (Å²) in [6, 6.07) is 15.0. The zero-order valence-corrected chi connectivity index (χ0v) is 14.6. The first-order valence-electron chi connectivity index (χ1n) is 8.43. The number of imide groups is 1. The Morgan fingerprint density at radius 1 is 0.962 bits per heavy atom. The van der Waals surface area contributed by atoms with Gasteiger partial charge in [0, 0.05) is 0 Å². The molecule has 2 aromatic carbocycles. The fourth-order valence-electron chi connectivity index (χ4n) is 3.00. The molecule has 1 heterocycles. The molecular weight excluding hydrogens is 332 g/mol. The summed E-state index contributed by atoms with van der Waals surface area (Å²) in [7, 11) is 0. The Kier molecular flexibility index (Phi) is 5.14. The predicted octanol–water partition coefficient (Wildman–Crippen LogP) is 2.56. The van der Waals surface area contributed by atoms with Crippen LogP contribution in [0.3, 0.4) is 0 Å². The number of benzene rings is 2. The quantitative estimate of drug-likeness (QED) is 0.640. The van der Waals surface area contributed by atoms with Gasteiger partial charge in [0.15, 0.2) is 0 Å². The summed E-state index contributed by atoms with van der Waals surface area (Å²) >= 11 is 0. The number of fused-ring (bicyclic) bond motifs is 1. The second-order valence-corrected chi connectivity index (χ2v) is 6.46.